The van der Waals surface area contributed by atoms with Crippen LogP contribution in [0.15, 0.2) is 36.5 Å². The van der Waals surface area contributed by atoms with Crippen LogP contribution >= 0.6 is 0 Å². The maximum Gasteiger partial charge on any atom is 0.306 e. The van der Waals surface area contributed by atoms with Crippen molar-refractivity contribution in [1.82, 2.24) is 0 Å². The number of ether oxygens (including phenoxy) is 3. The molecule has 69 heavy (non-hydrogen) atoms. The van der Waals surface area contributed by atoms with Gasteiger partial charge in [0, 0.05) is 19.3 Å². The molecule has 0 heterocycles. The molecule has 0 aromatic heterocycles. The van der Waals surface area contributed by atoms with Crippen LogP contribution in [0.1, 0.15) is 329 Å². The van der Waals surface area contributed by atoms with Crippen molar-refractivity contribution in [3.05, 3.63) is 36.5 Å². The quantitative estimate of drug-likeness (QED) is 0.0261. The third kappa shape index (κ3) is 56.4. The molecule has 0 rings (SSSR count). The Kier molecular flexibility index (Phi) is 56.2. The van der Waals surface area contributed by atoms with E-state index in [0.29, 0.717) is 19.3 Å². The average molecular weight is 970 g/mol. The number of rotatable bonds is 56. The van der Waals surface area contributed by atoms with Gasteiger partial charge in [-0.05, 0) is 77.0 Å². The van der Waals surface area contributed by atoms with Crippen molar-refractivity contribution in [2.75, 3.05) is 13.2 Å². The third-order valence-corrected chi connectivity index (χ3v) is 13.6. The van der Waals surface area contributed by atoms with E-state index in [0.717, 1.165) is 83.5 Å². The molecule has 0 aliphatic heterocycles. The van der Waals surface area contributed by atoms with Crippen molar-refractivity contribution in [3.63, 3.8) is 0 Å². The number of hydrogen-bond donors (Lipinski definition) is 0. The molecule has 0 radical (unpaired) electrons. The first-order chi connectivity index (χ1) is 34.0. The van der Waals surface area contributed by atoms with Crippen molar-refractivity contribution in [2.24, 2.45) is 0 Å². The van der Waals surface area contributed by atoms with Crippen LogP contribution in [0.2, 0.25) is 0 Å². The molecule has 0 fully saturated rings. The fourth-order valence-corrected chi connectivity index (χ4v) is 9.00. The summed E-state index contributed by atoms with van der Waals surface area (Å²) in [5.41, 5.74) is 0. The van der Waals surface area contributed by atoms with Crippen LogP contribution in [0.3, 0.4) is 0 Å². The van der Waals surface area contributed by atoms with E-state index in [2.05, 4.69) is 57.2 Å². The second-order valence-corrected chi connectivity index (χ2v) is 20.6. The van der Waals surface area contributed by atoms with Crippen molar-refractivity contribution >= 4 is 17.9 Å². The Labute approximate surface area is 429 Å². The van der Waals surface area contributed by atoms with Gasteiger partial charge in [0.15, 0.2) is 6.10 Å². The Morgan fingerprint density at radius 3 is 0.841 bits per heavy atom. The van der Waals surface area contributed by atoms with E-state index in [9.17, 15) is 14.4 Å². The minimum atomic E-state index is -0.778. The lowest BCUT2D eigenvalue weighted by Crippen LogP contribution is -2.30. The summed E-state index contributed by atoms with van der Waals surface area (Å²) in [6.45, 7) is 6.65. The molecule has 0 aromatic rings. The van der Waals surface area contributed by atoms with Gasteiger partial charge in [0.2, 0.25) is 0 Å². The molecule has 404 valence electrons. The third-order valence-electron chi connectivity index (χ3n) is 13.6. The van der Waals surface area contributed by atoms with E-state index in [1.54, 1.807) is 0 Å². The van der Waals surface area contributed by atoms with Gasteiger partial charge in [-0.15, -0.1) is 0 Å². The summed E-state index contributed by atoms with van der Waals surface area (Å²) in [5, 5.41) is 0. The molecule has 0 N–H and O–H groups in total. The Bertz CT molecular complexity index is 1160. The highest BCUT2D eigenvalue weighted by atomic mass is 16.6. The van der Waals surface area contributed by atoms with Gasteiger partial charge in [0.1, 0.15) is 13.2 Å². The first-order valence-electron chi connectivity index (χ1n) is 30.5. The fraction of sp³-hybridized carbons (Fsp3) is 0.857. The molecule has 0 bridgehead atoms. The molecule has 0 aromatic carbocycles. The Balaban J connectivity index is 4.32. The minimum absolute atomic E-state index is 0.0746. The van der Waals surface area contributed by atoms with Crippen LogP contribution in [0.5, 0.6) is 0 Å². The molecule has 0 amide bonds. The molecule has 0 saturated heterocycles. The lowest BCUT2D eigenvalue weighted by atomic mass is 10.0. The van der Waals surface area contributed by atoms with E-state index < -0.39 is 6.10 Å². The number of allylic oxidation sites excluding steroid dienone is 6. The number of esters is 3. The maximum atomic E-state index is 12.9. The molecule has 1 atom stereocenters. The zero-order chi connectivity index (χ0) is 50.0. The molecule has 6 nitrogen and oxygen atoms in total. The van der Waals surface area contributed by atoms with Crippen molar-refractivity contribution in [3.8, 4) is 0 Å². The van der Waals surface area contributed by atoms with Gasteiger partial charge in [-0.3, -0.25) is 14.4 Å². The molecule has 0 saturated carbocycles. The topological polar surface area (TPSA) is 78.9 Å². The largest absolute Gasteiger partial charge is 0.462 e. The highest BCUT2D eigenvalue weighted by Crippen LogP contribution is 2.17. The summed E-state index contributed by atoms with van der Waals surface area (Å²) in [5.74, 6) is -0.871. The summed E-state index contributed by atoms with van der Waals surface area (Å²) in [6, 6.07) is 0. The molecule has 0 spiro atoms. The van der Waals surface area contributed by atoms with Gasteiger partial charge >= 0.3 is 17.9 Å². The maximum absolute atomic E-state index is 12.9. The van der Waals surface area contributed by atoms with Gasteiger partial charge in [-0.1, -0.05) is 269 Å². The van der Waals surface area contributed by atoms with Crippen LogP contribution in [0.4, 0.5) is 0 Å². The van der Waals surface area contributed by atoms with Crippen molar-refractivity contribution in [2.45, 2.75) is 335 Å². The van der Waals surface area contributed by atoms with Gasteiger partial charge < -0.3 is 14.2 Å². The summed E-state index contributed by atoms with van der Waals surface area (Å²) >= 11 is 0. The fourth-order valence-electron chi connectivity index (χ4n) is 9.00. The first-order valence-corrected chi connectivity index (χ1v) is 30.5. The molecule has 6 heteroatoms. The Hall–Kier alpha value is -2.37. The molecular formula is C63H116O6. The van der Waals surface area contributed by atoms with E-state index in [1.807, 2.05) is 0 Å². The smallest absolute Gasteiger partial charge is 0.306 e. The van der Waals surface area contributed by atoms with Crippen LogP contribution < -0.4 is 0 Å². The number of hydrogen-bond acceptors (Lipinski definition) is 6. The lowest BCUT2D eigenvalue weighted by molar-refractivity contribution is -0.167. The summed E-state index contributed by atoms with van der Waals surface area (Å²) < 4.78 is 16.9. The van der Waals surface area contributed by atoms with Crippen LogP contribution in [0.25, 0.3) is 0 Å². The van der Waals surface area contributed by atoms with Crippen LogP contribution in [-0.2, 0) is 28.6 Å². The second kappa shape index (κ2) is 58.2. The van der Waals surface area contributed by atoms with Crippen LogP contribution in [-0.4, -0.2) is 37.2 Å². The zero-order valence-corrected chi connectivity index (χ0v) is 46.3. The molecule has 0 aliphatic rings. The molecule has 1 unspecified atom stereocenters. The van der Waals surface area contributed by atoms with E-state index in [-0.39, 0.29) is 31.1 Å². The highest BCUT2D eigenvalue weighted by Gasteiger charge is 2.19. The van der Waals surface area contributed by atoms with Gasteiger partial charge in [0.25, 0.3) is 0 Å². The number of unbranched alkanes of at least 4 members (excludes halogenated alkanes) is 39. The second-order valence-electron chi connectivity index (χ2n) is 20.6. The summed E-state index contributed by atoms with van der Waals surface area (Å²) in [7, 11) is 0. The highest BCUT2D eigenvalue weighted by molar-refractivity contribution is 5.71. The molecular weight excluding hydrogens is 853 g/mol. The lowest BCUT2D eigenvalue weighted by Gasteiger charge is -2.18. The zero-order valence-electron chi connectivity index (χ0n) is 46.3. The normalized spacial score (nSPS) is 12.2. The minimum Gasteiger partial charge on any atom is -0.462 e. The summed E-state index contributed by atoms with van der Waals surface area (Å²) in [4.78, 5) is 38.2. The van der Waals surface area contributed by atoms with Crippen LogP contribution in [0, 0.1) is 0 Å². The van der Waals surface area contributed by atoms with Crippen molar-refractivity contribution in [1.29, 1.82) is 0 Å². The number of carbonyl (C=O) groups is 3. The van der Waals surface area contributed by atoms with Gasteiger partial charge in [-0.25, -0.2) is 0 Å². The predicted octanol–water partition coefficient (Wildman–Crippen LogP) is 20.4. The van der Waals surface area contributed by atoms with E-state index >= 15 is 0 Å². The Morgan fingerprint density at radius 2 is 0.522 bits per heavy atom. The standard InChI is InChI=1S/C63H116O6/c1-4-7-10-13-16-19-22-25-28-29-30-31-32-33-36-38-41-44-47-50-53-56-62(65)68-59-60(69-63(66)57-54-51-48-45-42-39-35-27-24-21-18-15-12-9-6-3)58-67-61(64)55-52-49-46-43-40-37-34-26-23-20-17-14-11-8-5-2/h18,21,27,29-30,35,60H,4-17,19-20,22-26,28,31-34,36-59H2,1-3H3/b21-18-,30-29-,35-27-. The number of carbonyl (C=O) groups excluding carboxylic acids is 3. The average Bonchev–Trinajstić information content (AvgIpc) is 3.35. The summed E-state index contributed by atoms with van der Waals surface area (Å²) in [6.07, 6.45) is 69.9. The van der Waals surface area contributed by atoms with E-state index in [4.69, 9.17) is 14.2 Å². The van der Waals surface area contributed by atoms with Gasteiger partial charge in [0.05, 0.1) is 0 Å². The van der Waals surface area contributed by atoms with Gasteiger partial charge in [-0.2, -0.15) is 0 Å². The molecule has 0 aliphatic carbocycles. The SMILES string of the molecule is CCCCC/C=C\C/C=C\CCCCCCCC(=O)OC(COC(=O)CCCCCCCCCCC/C=C\CCCCCCCCCC)COC(=O)CCCCCCCCCCCCCCCCC. The van der Waals surface area contributed by atoms with Crippen molar-refractivity contribution < 1.29 is 28.6 Å². The monoisotopic (exact) mass is 969 g/mol. The Morgan fingerprint density at radius 1 is 0.290 bits per heavy atom. The first kappa shape index (κ1) is 66.6. The predicted molar refractivity (Wildman–Crippen MR) is 298 cm³/mol. The van der Waals surface area contributed by atoms with E-state index in [1.165, 1.54) is 205 Å².